The van der Waals surface area contributed by atoms with Crippen LogP contribution >= 0.6 is 24.8 Å². The third-order valence-electron chi connectivity index (χ3n) is 6.70. The van der Waals surface area contributed by atoms with Crippen LogP contribution in [0.5, 0.6) is 5.75 Å². The highest BCUT2D eigenvalue weighted by molar-refractivity contribution is 6.00. The molecule has 1 fully saturated rings. The molecule has 230 valence electrons. The van der Waals surface area contributed by atoms with Crippen molar-refractivity contribution in [2.24, 2.45) is 0 Å². The van der Waals surface area contributed by atoms with Crippen molar-refractivity contribution in [2.45, 2.75) is 26.6 Å². The molecule has 2 heterocycles. The molecule has 8 nitrogen and oxygen atoms in total. The quantitative estimate of drug-likeness (QED) is 0.256. The Morgan fingerprint density at radius 2 is 1.64 bits per heavy atom. The van der Waals surface area contributed by atoms with Gasteiger partial charge in [-0.3, -0.25) is 9.69 Å². The van der Waals surface area contributed by atoms with E-state index in [4.69, 9.17) is 4.74 Å². The lowest BCUT2D eigenvalue weighted by Crippen LogP contribution is -2.45. The maximum Gasteiger partial charge on any atom is 0.416 e. The van der Waals surface area contributed by atoms with Gasteiger partial charge in [-0.1, -0.05) is 19.1 Å². The number of amides is 2. The number of rotatable bonds is 8. The Labute approximate surface area is 253 Å². The van der Waals surface area contributed by atoms with E-state index in [0.717, 1.165) is 31.8 Å². The first-order valence-electron chi connectivity index (χ1n) is 13.0. The van der Waals surface area contributed by atoms with Gasteiger partial charge in [0.1, 0.15) is 5.82 Å². The molecule has 0 spiro atoms. The Kier molecular flexibility index (Phi) is 12.7. The van der Waals surface area contributed by atoms with Crippen molar-refractivity contribution in [3.8, 4) is 16.9 Å². The maximum absolute atomic E-state index is 14.8. The molecule has 0 atom stereocenters. The molecule has 0 unspecified atom stereocenters. The van der Waals surface area contributed by atoms with Crippen LogP contribution in [0.2, 0.25) is 0 Å². The lowest BCUT2D eigenvalue weighted by atomic mass is 10.0. The Morgan fingerprint density at radius 3 is 2.26 bits per heavy atom. The fourth-order valence-electron chi connectivity index (χ4n) is 4.53. The molecule has 0 aliphatic carbocycles. The molecule has 2 amide bonds. The molecule has 0 bridgehead atoms. The zero-order valence-electron chi connectivity index (χ0n) is 23.0. The number of piperazine rings is 1. The number of anilines is 2. The van der Waals surface area contributed by atoms with Gasteiger partial charge in [0.25, 0.3) is 5.56 Å². The highest BCUT2D eigenvalue weighted by Gasteiger charge is 2.34. The third kappa shape index (κ3) is 8.84. The van der Waals surface area contributed by atoms with Crippen LogP contribution in [0.3, 0.4) is 0 Å². The molecule has 14 heteroatoms. The van der Waals surface area contributed by atoms with Gasteiger partial charge in [-0.25, -0.2) is 9.18 Å². The van der Waals surface area contributed by atoms with E-state index >= 15 is 0 Å². The summed E-state index contributed by atoms with van der Waals surface area (Å²) in [6.45, 7) is 8.06. The molecule has 2 aromatic carbocycles. The van der Waals surface area contributed by atoms with E-state index in [-0.39, 0.29) is 60.7 Å². The van der Waals surface area contributed by atoms with Crippen LogP contribution < -0.4 is 20.9 Å². The largest absolute Gasteiger partial charge is 0.488 e. The maximum atomic E-state index is 14.8. The minimum atomic E-state index is -4.61. The Bertz CT molecular complexity index is 1410. The molecule has 1 aliphatic heterocycles. The molecule has 3 aromatic rings. The summed E-state index contributed by atoms with van der Waals surface area (Å²) in [5.74, 6) is -0.684. The van der Waals surface area contributed by atoms with Crippen molar-refractivity contribution >= 4 is 42.2 Å². The minimum absolute atomic E-state index is 0. The topological polar surface area (TPSA) is 89.7 Å². The fourth-order valence-corrected chi connectivity index (χ4v) is 4.53. The number of benzene rings is 2. The minimum Gasteiger partial charge on any atom is -0.488 e. The molecule has 4 rings (SSSR count). The number of hydrogen-bond donors (Lipinski definition) is 3. The number of pyridine rings is 1. The standard InChI is InChI=1S/C28H31F4N5O3.2ClH/c1-3-36-9-11-37(12-10-36)17-19-5-7-21(15-22(19)28(30,31)32)34-27(39)35-24-8-6-18(13-23(24)29)20-14-25(40-4-2)26(38)33-16-20;;/h5-8,13-16H,3-4,9-12,17H2,1-2H3,(H,33,38)(H2,34,35,39);2*1H. The number of carbonyl (C=O) groups is 1. The van der Waals surface area contributed by atoms with E-state index < -0.39 is 29.1 Å². The summed E-state index contributed by atoms with van der Waals surface area (Å²) in [4.78, 5) is 31.1. The zero-order chi connectivity index (χ0) is 28.9. The molecule has 3 N–H and O–H groups in total. The highest BCUT2D eigenvalue weighted by atomic mass is 35.5. The van der Waals surface area contributed by atoms with E-state index in [9.17, 15) is 27.2 Å². The smallest absolute Gasteiger partial charge is 0.416 e. The van der Waals surface area contributed by atoms with Crippen LogP contribution in [-0.2, 0) is 12.7 Å². The summed E-state index contributed by atoms with van der Waals surface area (Å²) < 4.78 is 61.7. The van der Waals surface area contributed by atoms with E-state index in [2.05, 4.69) is 27.4 Å². The van der Waals surface area contributed by atoms with Crippen LogP contribution in [0.15, 0.2) is 53.5 Å². The first-order valence-corrected chi connectivity index (χ1v) is 13.0. The van der Waals surface area contributed by atoms with Gasteiger partial charge >= 0.3 is 12.2 Å². The molecule has 42 heavy (non-hydrogen) atoms. The number of aromatic amines is 1. The predicted octanol–water partition coefficient (Wildman–Crippen LogP) is 6.22. The van der Waals surface area contributed by atoms with Gasteiger partial charge in [0.05, 0.1) is 17.9 Å². The number of aromatic nitrogens is 1. The van der Waals surface area contributed by atoms with Gasteiger partial charge < -0.3 is 25.3 Å². The van der Waals surface area contributed by atoms with Crippen molar-refractivity contribution in [2.75, 3.05) is 50.0 Å². The molecule has 1 aliphatic rings. The first-order chi connectivity index (χ1) is 19.1. The SMILES string of the molecule is CCOc1cc(-c2ccc(NC(=O)Nc3ccc(CN4CCN(CC)CC4)c(C(F)(F)F)c3)c(F)c2)c[nH]c1=O.Cl.Cl. The Hall–Kier alpha value is -3.32. The number of likely N-dealkylation sites (N-methyl/N-ethyl adjacent to an activating group) is 1. The van der Waals surface area contributed by atoms with Crippen LogP contribution in [0.1, 0.15) is 25.0 Å². The number of carbonyl (C=O) groups excluding carboxylic acids is 1. The third-order valence-corrected chi connectivity index (χ3v) is 6.70. The number of urea groups is 1. The van der Waals surface area contributed by atoms with Crippen LogP contribution in [0.25, 0.3) is 11.1 Å². The van der Waals surface area contributed by atoms with Gasteiger partial charge in [0, 0.05) is 50.2 Å². The summed E-state index contributed by atoms with van der Waals surface area (Å²) in [5.41, 5.74) is -0.455. The summed E-state index contributed by atoms with van der Waals surface area (Å²) in [6.07, 6.45) is -3.20. The van der Waals surface area contributed by atoms with Crippen molar-refractivity contribution in [3.05, 3.63) is 76.0 Å². The van der Waals surface area contributed by atoms with Crippen LogP contribution in [-0.4, -0.2) is 60.1 Å². The first kappa shape index (κ1) is 34.9. The molecule has 0 radical (unpaired) electrons. The molecular formula is C28H33Cl2F4N5O3. The van der Waals surface area contributed by atoms with Crippen molar-refractivity contribution < 1.29 is 27.1 Å². The fraction of sp³-hybridized carbons (Fsp3) is 0.357. The molecule has 1 saturated heterocycles. The van der Waals surface area contributed by atoms with Crippen molar-refractivity contribution in [1.29, 1.82) is 0 Å². The number of halogens is 6. The van der Waals surface area contributed by atoms with E-state index in [0.29, 0.717) is 24.2 Å². The highest BCUT2D eigenvalue weighted by Crippen LogP contribution is 2.35. The second kappa shape index (κ2) is 15.2. The molecule has 1 aromatic heterocycles. The number of nitrogens with one attached hydrogen (secondary N) is 3. The normalized spacial score (nSPS) is 14.0. The van der Waals surface area contributed by atoms with Gasteiger partial charge in [-0.05, 0) is 54.9 Å². The average molecular weight is 635 g/mol. The summed E-state index contributed by atoms with van der Waals surface area (Å²) in [5, 5.41) is 4.68. The van der Waals surface area contributed by atoms with E-state index in [1.807, 2.05) is 4.90 Å². The Morgan fingerprint density at radius 1 is 0.952 bits per heavy atom. The van der Waals surface area contributed by atoms with Crippen molar-refractivity contribution in [1.82, 2.24) is 14.8 Å². The zero-order valence-corrected chi connectivity index (χ0v) is 24.6. The summed E-state index contributed by atoms with van der Waals surface area (Å²) >= 11 is 0. The molecule has 0 saturated carbocycles. The van der Waals surface area contributed by atoms with E-state index in [1.165, 1.54) is 36.5 Å². The van der Waals surface area contributed by atoms with Gasteiger partial charge in [-0.2, -0.15) is 13.2 Å². The summed E-state index contributed by atoms with van der Waals surface area (Å²) in [6, 6.07) is 8.24. The number of nitrogens with zero attached hydrogens (tertiary/aromatic N) is 2. The number of hydrogen-bond acceptors (Lipinski definition) is 5. The number of ether oxygens (including phenoxy) is 1. The van der Waals surface area contributed by atoms with Gasteiger partial charge in [0.2, 0.25) is 0 Å². The van der Waals surface area contributed by atoms with Crippen molar-refractivity contribution in [3.63, 3.8) is 0 Å². The predicted molar refractivity (Wildman–Crippen MR) is 160 cm³/mol. The lowest BCUT2D eigenvalue weighted by Gasteiger charge is -2.34. The monoisotopic (exact) mass is 633 g/mol. The van der Waals surface area contributed by atoms with Crippen LogP contribution in [0.4, 0.5) is 33.7 Å². The van der Waals surface area contributed by atoms with Gasteiger partial charge in [0.15, 0.2) is 5.75 Å². The number of alkyl halides is 3. The second-order valence-corrected chi connectivity index (χ2v) is 9.37. The van der Waals surface area contributed by atoms with Crippen LogP contribution in [0, 0.1) is 5.82 Å². The van der Waals surface area contributed by atoms with Gasteiger partial charge in [-0.15, -0.1) is 24.8 Å². The second-order valence-electron chi connectivity index (χ2n) is 9.37. The average Bonchev–Trinajstić information content (AvgIpc) is 2.92. The lowest BCUT2D eigenvalue weighted by molar-refractivity contribution is -0.138. The molecular weight excluding hydrogens is 601 g/mol. The summed E-state index contributed by atoms with van der Waals surface area (Å²) in [7, 11) is 0. The van der Waals surface area contributed by atoms with E-state index in [1.54, 1.807) is 6.92 Å². The Balaban J connectivity index is 0.00000308. The number of H-pyrrole nitrogens is 1.